The Balaban J connectivity index is 3.47. The summed E-state index contributed by atoms with van der Waals surface area (Å²) in [7, 11) is 0. The van der Waals surface area contributed by atoms with Crippen molar-refractivity contribution >= 4 is 0 Å². The fourth-order valence-corrected chi connectivity index (χ4v) is 0.977. The van der Waals surface area contributed by atoms with Crippen LogP contribution in [0.4, 0.5) is 0 Å². The second kappa shape index (κ2) is 5.33. The number of rotatable bonds is 4. The van der Waals surface area contributed by atoms with Gasteiger partial charge < -0.3 is 5.32 Å². The Kier molecular flexibility index (Phi) is 5.09. The summed E-state index contributed by atoms with van der Waals surface area (Å²) >= 11 is 0. The molecule has 1 N–H and O–H groups in total. The molecule has 10 heavy (non-hydrogen) atoms. The molecule has 0 aliphatic rings. The first-order valence-corrected chi connectivity index (χ1v) is 4.10. The van der Waals surface area contributed by atoms with Crippen LogP contribution in [-0.2, 0) is 0 Å². The van der Waals surface area contributed by atoms with E-state index >= 15 is 0 Å². The second-order valence-electron chi connectivity index (χ2n) is 2.81. The molecular formula is C9H19N. The smallest absolute Gasteiger partial charge is 0.0229 e. The van der Waals surface area contributed by atoms with Gasteiger partial charge in [0.25, 0.3) is 0 Å². The molecular weight excluding hydrogens is 122 g/mol. The predicted octanol–water partition coefficient (Wildman–Crippen LogP) is 2.69. The first kappa shape index (κ1) is 9.54. The fraction of sp³-hybridized carbons (Fsp3) is 0.778. The molecule has 0 aromatic heterocycles. The van der Waals surface area contributed by atoms with Crippen molar-refractivity contribution in [3.63, 3.8) is 0 Å². The molecule has 0 heterocycles. The van der Waals surface area contributed by atoms with Crippen LogP contribution in [0.3, 0.4) is 0 Å². The molecule has 0 aromatic rings. The van der Waals surface area contributed by atoms with Crippen LogP contribution in [0.5, 0.6) is 0 Å². The Morgan fingerprint density at radius 2 is 2.20 bits per heavy atom. The van der Waals surface area contributed by atoms with Gasteiger partial charge in [0.2, 0.25) is 0 Å². The number of hydrogen-bond acceptors (Lipinski definition) is 1. The molecule has 1 unspecified atom stereocenters. The lowest BCUT2D eigenvalue weighted by Crippen LogP contribution is -2.23. The van der Waals surface area contributed by atoms with Gasteiger partial charge in [0.05, 0.1) is 0 Å². The summed E-state index contributed by atoms with van der Waals surface area (Å²) in [5, 5.41) is 3.39. The fourth-order valence-electron chi connectivity index (χ4n) is 0.977. The average molecular weight is 141 g/mol. The van der Waals surface area contributed by atoms with Crippen LogP contribution < -0.4 is 5.32 Å². The largest absolute Gasteiger partial charge is 0.386 e. The van der Waals surface area contributed by atoms with Gasteiger partial charge >= 0.3 is 0 Å². The van der Waals surface area contributed by atoms with E-state index in [4.69, 9.17) is 0 Å². The van der Waals surface area contributed by atoms with Crippen LogP contribution in [0, 0.1) is 0 Å². The molecule has 0 spiro atoms. The maximum absolute atomic E-state index is 3.39. The summed E-state index contributed by atoms with van der Waals surface area (Å²) in [4.78, 5) is 0. The summed E-state index contributed by atoms with van der Waals surface area (Å²) < 4.78 is 0. The van der Waals surface area contributed by atoms with Crippen LogP contribution in [0.15, 0.2) is 11.8 Å². The molecule has 0 aromatic carbocycles. The lowest BCUT2D eigenvalue weighted by Gasteiger charge is -2.13. The third-order valence-electron chi connectivity index (χ3n) is 1.63. The molecule has 1 atom stereocenters. The van der Waals surface area contributed by atoms with Gasteiger partial charge in [-0.1, -0.05) is 19.4 Å². The van der Waals surface area contributed by atoms with Crippen LogP contribution >= 0.6 is 0 Å². The van der Waals surface area contributed by atoms with E-state index in [1.807, 2.05) is 0 Å². The maximum atomic E-state index is 3.39. The predicted molar refractivity (Wildman–Crippen MR) is 46.9 cm³/mol. The zero-order valence-corrected chi connectivity index (χ0v) is 7.57. The Hall–Kier alpha value is -0.460. The quantitative estimate of drug-likeness (QED) is 0.634. The number of allylic oxidation sites excluding steroid dienone is 2. The Morgan fingerprint density at radius 1 is 1.60 bits per heavy atom. The van der Waals surface area contributed by atoms with E-state index in [1.54, 1.807) is 0 Å². The second-order valence-corrected chi connectivity index (χ2v) is 2.81. The molecule has 0 amide bonds. The molecule has 0 aliphatic carbocycles. The van der Waals surface area contributed by atoms with Gasteiger partial charge in [-0.25, -0.2) is 0 Å². The molecule has 0 saturated heterocycles. The van der Waals surface area contributed by atoms with Crippen LogP contribution in [0.2, 0.25) is 0 Å². The summed E-state index contributed by atoms with van der Waals surface area (Å²) in [6.45, 7) is 8.59. The summed E-state index contributed by atoms with van der Waals surface area (Å²) in [6, 6.07) is 0.626. The molecule has 0 rings (SSSR count). The van der Waals surface area contributed by atoms with E-state index in [0.29, 0.717) is 6.04 Å². The molecule has 0 saturated carbocycles. The van der Waals surface area contributed by atoms with Gasteiger partial charge in [0.1, 0.15) is 0 Å². The van der Waals surface area contributed by atoms with E-state index in [2.05, 4.69) is 39.1 Å². The third-order valence-corrected chi connectivity index (χ3v) is 1.63. The molecule has 0 bridgehead atoms. The van der Waals surface area contributed by atoms with Crippen molar-refractivity contribution in [3.8, 4) is 0 Å². The van der Waals surface area contributed by atoms with Crippen molar-refractivity contribution in [1.29, 1.82) is 0 Å². The topological polar surface area (TPSA) is 12.0 Å². The highest BCUT2D eigenvalue weighted by atomic mass is 14.9. The van der Waals surface area contributed by atoms with Crippen molar-refractivity contribution in [1.82, 2.24) is 5.32 Å². The summed E-state index contributed by atoms with van der Waals surface area (Å²) in [6.07, 6.45) is 4.61. The zero-order valence-electron chi connectivity index (χ0n) is 7.57. The van der Waals surface area contributed by atoms with E-state index in [0.717, 1.165) is 0 Å². The van der Waals surface area contributed by atoms with Gasteiger partial charge in [0, 0.05) is 11.7 Å². The third kappa shape index (κ3) is 4.42. The van der Waals surface area contributed by atoms with Gasteiger partial charge in [-0.15, -0.1) is 0 Å². The SMILES string of the molecule is C/C=C(\C)NC(C)CCC. The minimum atomic E-state index is 0.626. The van der Waals surface area contributed by atoms with Gasteiger partial charge in [-0.05, 0) is 27.2 Å². The molecule has 1 nitrogen and oxygen atoms in total. The van der Waals surface area contributed by atoms with Gasteiger partial charge in [-0.2, -0.15) is 0 Å². The van der Waals surface area contributed by atoms with Crippen molar-refractivity contribution in [2.45, 2.75) is 46.6 Å². The Labute approximate surface area is 64.5 Å². The van der Waals surface area contributed by atoms with Crippen molar-refractivity contribution < 1.29 is 0 Å². The molecule has 0 radical (unpaired) electrons. The van der Waals surface area contributed by atoms with Gasteiger partial charge in [-0.3, -0.25) is 0 Å². The van der Waals surface area contributed by atoms with Crippen molar-refractivity contribution in [2.24, 2.45) is 0 Å². The number of hydrogen-bond donors (Lipinski definition) is 1. The molecule has 0 aliphatic heterocycles. The average Bonchev–Trinajstić information content (AvgIpc) is 1.88. The highest BCUT2D eigenvalue weighted by Crippen LogP contribution is 1.97. The highest BCUT2D eigenvalue weighted by Gasteiger charge is 1.96. The minimum Gasteiger partial charge on any atom is -0.386 e. The van der Waals surface area contributed by atoms with E-state index < -0.39 is 0 Å². The highest BCUT2D eigenvalue weighted by molar-refractivity contribution is 4.93. The Morgan fingerprint density at radius 3 is 2.60 bits per heavy atom. The van der Waals surface area contributed by atoms with Crippen LogP contribution in [-0.4, -0.2) is 6.04 Å². The maximum Gasteiger partial charge on any atom is 0.0229 e. The van der Waals surface area contributed by atoms with Crippen LogP contribution in [0.1, 0.15) is 40.5 Å². The molecule has 1 heteroatoms. The number of nitrogens with one attached hydrogen (secondary N) is 1. The minimum absolute atomic E-state index is 0.626. The Bertz CT molecular complexity index is 105. The van der Waals surface area contributed by atoms with Crippen molar-refractivity contribution in [2.75, 3.05) is 0 Å². The van der Waals surface area contributed by atoms with E-state index in [1.165, 1.54) is 18.5 Å². The lowest BCUT2D eigenvalue weighted by atomic mass is 10.2. The monoisotopic (exact) mass is 141 g/mol. The van der Waals surface area contributed by atoms with Crippen LogP contribution in [0.25, 0.3) is 0 Å². The lowest BCUT2D eigenvalue weighted by molar-refractivity contribution is 0.559. The standard InChI is InChI=1S/C9H19N/c1-5-7-9(4)10-8(3)6-2/h6,9-10H,5,7H2,1-4H3/b8-6+. The summed E-state index contributed by atoms with van der Waals surface area (Å²) in [5.74, 6) is 0. The van der Waals surface area contributed by atoms with Gasteiger partial charge in [0.15, 0.2) is 0 Å². The molecule has 60 valence electrons. The first-order chi connectivity index (χ1) is 4.70. The normalized spacial score (nSPS) is 15.0. The van der Waals surface area contributed by atoms with Crippen molar-refractivity contribution in [3.05, 3.63) is 11.8 Å². The zero-order chi connectivity index (χ0) is 7.98. The van der Waals surface area contributed by atoms with E-state index in [9.17, 15) is 0 Å². The van der Waals surface area contributed by atoms with E-state index in [-0.39, 0.29) is 0 Å². The molecule has 0 fully saturated rings. The summed E-state index contributed by atoms with van der Waals surface area (Å²) in [5.41, 5.74) is 1.28. The first-order valence-electron chi connectivity index (χ1n) is 4.10.